The molecule has 0 atom stereocenters. The first-order chi connectivity index (χ1) is 12.0. The van der Waals surface area contributed by atoms with Crippen molar-refractivity contribution < 1.29 is 28.8 Å². The zero-order valence-corrected chi connectivity index (χ0v) is 15.1. The van der Waals surface area contributed by atoms with Crippen LogP contribution in [0.4, 0.5) is 0 Å². The molecule has 0 N–H and O–H groups in total. The van der Waals surface area contributed by atoms with Gasteiger partial charge in [0, 0.05) is 25.7 Å². The van der Waals surface area contributed by atoms with E-state index in [4.69, 9.17) is 4.84 Å². The van der Waals surface area contributed by atoms with Crippen LogP contribution in [-0.2, 0) is 28.8 Å². The smallest absolute Gasteiger partial charge is 0.333 e. The third kappa shape index (κ3) is 9.22. The van der Waals surface area contributed by atoms with Crippen LogP contribution in [0.2, 0.25) is 0 Å². The highest BCUT2D eigenvalue weighted by atomic mass is 16.7. The molecule has 2 amide bonds. The minimum atomic E-state index is -0.519. The van der Waals surface area contributed by atoms with Gasteiger partial charge in [0.15, 0.2) is 0 Å². The number of ether oxygens (including phenoxy) is 1. The van der Waals surface area contributed by atoms with Gasteiger partial charge < -0.3 is 9.57 Å². The number of nitrogens with zero attached hydrogens (tertiary/aromatic N) is 1. The molecule has 1 fully saturated rings. The molecule has 7 heteroatoms. The van der Waals surface area contributed by atoms with E-state index in [1.807, 2.05) is 0 Å². The van der Waals surface area contributed by atoms with E-state index < -0.39 is 17.8 Å². The Morgan fingerprint density at radius 3 is 1.60 bits per heavy atom. The maximum atomic E-state index is 11.6. The summed E-state index contributed by atoms with van der Waals surface area (Å²) in [6, 6.07) is 0. The molecule has 0 spiro atoms. The number of carbonyl (C=O) groups is 4. The van der Waals surface area contributed by atoms with Crippen LogP contribution in [0.3, 0.4) is 0 Å². The third-order valence-corrected chi connectivity index (χ3v) is 4.19. The van der Waals surface area contributed by atoms with E-state index in [2.05, 4.69) is 4.74 Å². The van der Waals surface area contributed by atoms with Crippen LogP contribution in [0, 0.1) is 0 Å². The number of amides is 2. The van der Waals surface area contributed by atoms with Crippen molar-refractivity contribution in [1.29, 1.82) is 0 Å². The average Bonchev–Trinajstić information content (AvgIpc) is 2.91. The topological polar surface area (TPSA) is 90.0 Å². The summed E-state index contributed by atoms with van der Waals surface area (Å²) in [5, 5.41) is 0.600. The average molecular weight is 355 g/mol. The summed E-state index contributed by atoms with van der Waals surface area (Å²) < 4.78 is 4.59. The Hall–Kier alpha value is -1.92. The summed E-state index contributed by atoms with van der Waals surface area (Å²) in [5.41, 5.74) is 0. The molecule has 0 unspecified atom stereocenters. The van der Waals surface area contributed by atoms with Gasteiger partial charge in [-0.05, 0) is 12.8 Å². The number of hydroxylamine groups is 2. The molecule has 0 aliphatic carbocycles. The summed E-state index contributed by atoms with van der Waals surface area (Å²) in [7, 11) is 1.41. The van der Waals surface area contributed by atoms with Gasteiger partial charge in [0.25, 0.3) is 11.8 Å². The minimum absolute atomic E-state index is 0.120. The lowest BCUT2D eigenvalue weighted by Gasteiger charge is -2.12. The first kappa shape index (κ1) is 21.1. The van der Waals surface area contributed by atoms with E-state index in [1.54, 1.807) is 0 Å². The van der Waals surface area contributed by atoms with Crippen molar-refractivity contribution in [3.63, 3.8) is 0 Å². The summed E-state index contributed by atoms with van der Waals surface area (Å²) in [5.74, 6) is -1.54. The fraction of sp³-hybridized carbons (Fsp3) is 0.778. The third-order valence-electron chi connectivity index (χ3n) is 4.19. The molecule has 1 rings (SSSR count). The molecule has 1 aliphatic heterocycles. The fourth-order valence-corrected chi connectivity index (χ4v) is 2.68. The van der Waals surface area contributed by atoms with Gasteiger partial charge in [-0.15, -0.1) is 5.06 Å². The van der Waals surface area contributed by atoms with Crippen molar-refractivity contribution in [2.24, 2.45) is 0 Å². The predicted octanol–water partition coefficient (Wildman–Crippen LogP) is 3.06. The Morgan fingerprint density at radius 1 is 0.760 bits per heavy atom. The predicted molar refractivity (Wildman–Crippen MR) is 90.0 cm³/mol. The van der Waals surface area contributed by atoms with Crippen molar-refractivity contribution in [3.05, 3.63) is 0 Å². The second-order valence-corrected chi connectivity index (χ2v) is 6.30. The zero-order valence-electron chi connectivity index (χ0n) is 15.1. The molecule has 0 bridgehead atoms. The quantitative estimate of drug-likeness (QED) is 0.286. The van der Waals surface area contributed by atoms with Gasteiger partial charge in [-0.2, -0.15) is 0 Å². The van der Waals surface area contributed by atoms with Crippen LogP contribution in [0.5, 0.6) is 0 Å². The molecule has 1 aliphatic rings. The van der Waals surface area contributed by atoms with Crippen molar-refractivity contribution >= 4 is 23.8 Å². The van der Waals surface area contributed by atoms with Gasteiger partial charge in [-0.3, -0.25) is 14.4 Å². The SMILES string of the molecule is COC(=O)CCCCCCCCCCCC(=O)ON1C(=O)CCC1=O. The van der Waals surface area contributed by atoms with Gasteiger partial charge in [0.05, 0.1) is 7.11 Å². The number of unbranched alkanes of at least 4 members (excludes halogenated alkanes) is 8. The number of imide groups is 1. The summed E-state index contributed by atoms with van der Waals surface area (Å²) >= 11 is 0. The molecular formula is C18H29NO6. The van der Waals surface area contributed by atoms with E-state index in [9.17, 15) is 19.2 Å². The summed E-state index contributed by atoms with van der Waals surface area (Å²) in [6.45, 7) is 0. The summed E-state index contributed by atoms with van der Waals surface area (Å²) in [4.78, 5) is 50.0. The molecule has 1 saturated heterocycles. The lowest BCUT2D eigenvalue weighted by Crippen LogP contribution is -2.31. The van der Waals surface area contributed by atoms with E-state index in [1.165, 1.54) is 7.11 Å². The van der Waals surface area contributed by atoms with Gasteiger partial charge in [-0.1, -0.05) is 44.9 Å². The molecule has 0 aromatic heterocycles. The molecule has 1 heterocycles. The molecular weight excluding hydrogens is 326 g/mol. The largest absolute Gasteiger partial charge is 0.469 e. The first-order valence-electron chi connectivity index (χ1n) is 9.18. The lowest BCUT2D eigenvalue weighted by atomic mass is 10.1. The second kappa shape index (κ2) is 12.4. The fourth-order valence-electron chi connectivity index (χ4n) is 2.68. The molecule has 0 saturated carbocycles. The van der Waals surface area contributed by atoms with Crippen molar-refractivity contribution in [3.8, 4) is 0 Å². The maximum Gasteiger partial charge on any atom is 0.333 e. The summed E-state index contributed by atoms with van der Waals surface area (Å²) in [6.07, 6.45) is 10.1. The Labute approximate surface area is 149 Å². The molecule has 0 aromatic rings. The Balaban J connectivity index is 1.88. The van der Waals surface area contributed by atoms with Crippen molar-refractivity contribution in [1.82, 2.24) is 5.06 Å². The molecule has 0 radical (unpaired) electrons. The minimum Gasteiger partial charge on any atom is -0.469 e. The number of methoxy groups -OCH3 is 1. The Bertz CT molecular complexity index is 446. The molecule has 142 valence electrons. The highest BCUT2D eigenvalue weighted by Crippen LogP contribution is 2.14. The number of hydrogen-bond acceptors (Lipinski definition) is 6. The van der Waals surface area contributed by atoms with Crippen molar-refractivity contribution in [2.45, 2.75) is 83.5 Å². The van der Waals surface area contributed by atoms with Crippen LogP contribution in [0.25, 0.3) is 0 Å². The maximum absolute atomic E-state index is 11.6. The molecule has 7 nitrogen and oxygen atoms in total. The van der Waals surface area contributed by atoms with E-state index in [0.717, 1.165) is 51.4 Å². The first-order valence-corrected chi connectivity index (χ1v) is 9.18. The zero-order chi connectivity index (χ0) is 18.5. The van der Waals surface area contributed by atoms with E-state index in [0.29, 0.717) is 17.9 Å². The lowest BCUT2D eigenvalue weighted by molar-refractivity contribution is -0.197. The normalized spacial score (nSPS) is 14.0. The van der Waals surface area contributed by atoms with Crippen LogP contribution in [0.1, 0.15) is 83.5 Å². The highest BCUT2D eigenvalue weighted by Gasteiger charge is 2.32. The molecule has 25 heavy (non-hydrogen) atoms. The van der Waals surface area contributed by atoms with Gasteiger partial charge >= 0.3 is 11.9 Å². The highest BCUT2D eigenvalue weighted by molar-refractivity contribution is 6.01. The van der Waals surface area contributed by atoms with E-state index in [-0.39, 0.29) is 25.2 Å². The van der Waals surface area contributed by atoms with Gasteiger partial charge in [0.1, 0.15) is 0 Å². The Morgan fingerprint density at radius 2 is 1.16 bits per heavy atom. The van der Waals surface area contributed by atoms with Gasteiger partial charge in [-0.25, -0.2) is 4.79 Å². The van der Waals surface area contributed by atoms with Crippen LogP contribution >= 0.6 is 0 Å². The van der Waals surface area contributed by atoms with E-state index >= 15 is 0 Å². The van der Waals surface area contributed by atoms with Gasteiger partial charge in [0.2, 0.25) is 0 Å². The van der Waals surface area contributed by atoms with Crippen molar-refractivity contribution in [2.75, 3.05) is 7.11 Å². The monoisotopic (exact) mass is 355 g/mol. The van der Waals surface area contributed by atoms with Crippen LogP contribution in [-0.4, -0.2) is 35.9 Å². The number of esters is 1. The van der Waals surface area contributed by atoms with Crippen LogP contribution in [0.15, 0.2) is 0 Å². The standard InChI is InChI=1S/C18H29NO6/c1-24-17(22)11-9-7-5-3-2-4-6-8-10-12-18(23)25-19-15(20)13-14-16(19)21/h2-14H2,1H3. The van der Waals surface area contributed by atoms with Crippen LogP contribution < -0.4 is 0 Å². The number of carbonyl (C=O) groups excluding carboxylic acids is 4. The number of hydrogen-bond donors (Lipinski definition) is 0. The molecule has 0 aromatic carbocycles. The second-order valence-electron chi connectivity index (χ2n) is 6.30. The Kier molecular flexibility index (Phi) is 10.5. The number of rotatable bonds is 13.